The highest BCUT2D eigenvalue weighted by Gasteiger charge is 2.56. The topological polar surface area (TPSA) is 34.9 Å². The summed E-state index contributed by atoms with van der Waals surface area (Å²) in [6.07, 6.45) is 5.88. The second-order valence-electron chi connectivity index (χ2n) is 5.90. The van der Waals surface area contributed by atoms with E-state index < -0.39 is 0 Å². The summed E-state index contributed by atoms with van der Waals surface area (Å²) in [7, 11) is 0. The number of hydrogen-bond acceptors (Lipinski definition) is 2. The molecule has 102 valence electrons. The number of benzene rings is 1. The van der Waals surface area contributed by atoms with Crippen LogP contribution in [0.3, 0.4) is 0 Å². The van der Waals surface area contributed by atoms with Crippen LogP contribution < -0.4 is 0 Å². The van der Waals surface area contributed by atoms with Gasteiger partial charge in [-0.25, -0.2) is 0 Å². The summed E-state index contributed by atoms with van der Waals surface area (Å²) in [5.41, 5.74) is 3.63. The van der Waals surface area contributed by atoms with E-state index in [2.05, 4.69) is 29.4 Å². The van der Waals surface area contributed by atoms with Crippen LogP contribution in [0.25, 0.3) is 0 Å². The number of aromatic nitrogens is 2. The third-order valence-electron chi connectivity index (χ3n) is 4.87. The Labute approximate surface area is 118 Å². The maximum atomic E-state index is 12.7. The second-order valence-corrected chi connectivity index (χ2v) is 5.90. The van der Waals surface area contributed by atoms with Gasteiger partial charge >= 0.3 is 0 Å². The molecular formula is C17H18N2O. The number of ketones is 1. The average Bonchev–Trinajstić information content (AvgIpc) is 3.04. The SMILES string of the molecule is CCn1cc(C(=O)C2C3CCc4ccccc4C32)cn1. The molecule has 0 spiro atoms. The van der Waals surface area contributed by atoms with Crippen LogP contribution in [-0.4, -0.2) is 15.6 Å². The third-order valence-corrected chi connectivity index (χ3v) is 4.87. The second kappa shape index (κ2) is 4.30. The number of hydrogen-bond donors (Lipinski definition) is 0. The lowest BCUT2D eigenvalue weighted by molar-refractivity contribution is 0.0959. The van der Waals surface area contributed by atoms with Gasteiger partial charge in [0.05, 0.1) is 11.8 Å². The molecule has 2 aliphatic rings. The molecule has 20 heavy (non-hydrogen) atoms. The molecule has 0 saturated heterocycles. The predicted molar refractivity (Wildman–Crippen MR) is 76.7 cm³/mol. The van der Waals surface area contributed by atoms with E-state index in [9.17, 15) is 4.79 Å². The maximum Gasteiger partial charge on any atom is 0.170 e. The molecule has 0 amide bonds. The first-order chi connectivity index (χ1) is 9.79. The van der Waals surface area contributed by atoms with E-state index in [1.54, 1.807) is 6.20 Å². The number of rotatable bonds is 3. The van der Waals surface area contributed by atoms with E-state index in [0.717, 1.165) is 24.9 Å². The highest BCUT2D eigenvalue weighted by Crippen LogP contribution is 2.60. The van der Waals surface area contributed by atoms with Crippen LogP contribution in [-0.2, 0) is 13.0 Å². The molecule has 3 heteroatoms. The van der Waals surface area contributed by atoms with Crippen molar-refractivity contribution in [2.45, 2.75) is 32.2 Å². The zero-order valence-corrected chi connectivity index (χ0v) is 11.6. The van der Waals surface area contributed by atoms with Gasteiger partial charge in [-0.15, -0.1) is 0 Å². The van der Waals surface area contributed by atoms with Gasteiger partial charge in [0.2, 0.25) is 0 Å². The fourth-order valence-electron chi connectivity index (χ4n) is 3.78. The van der Waals surface area contributed by atoms with Crippen molar-refractivity contribution >= 4 is 5.78 Å². The number of carbonyl (C=O) groups excluding carboxylic acids is 1. The normalized spacial score (nSPS) is 26.8. The molecule has 0 bridgehead atoms. The standard InChI is InChI=1S/C17H18N2O/c1-2-19-10-12(9-18-19)17(20)16-14-8-7-11-5-3-4-6-13(11)15(14)16/h3-6,9-10,14-16H,2,7-8H2,1H3. The molecule has 1 aromatic heterocycles. The zero-order valence-electron chi connectivity index (χ0n) is 11.6. The molecule has 3 atom stereocenters. The van der Waals surface area contributed by atoms with Gasteiger partial charge in [-0.2, -0.15) is 5.10 Å². The van der Waals surface area contributed by atoms with Crippen molar-refractivity contribution in [3.05, 3.63) is 53.3 Å². The average molecular weight is 266 g/mol. The minimum absolute atomic E-state index is 0.188. The van der Waals surface area contributed by atoms with E-state index >= 15 is 0 Å². The first-order valence-electron chi connectivity index (χ1n) is 7.44. The first kappa shape index (κ1) is 11.9. The van der Waals surface area contributed by atoms with Crippen molar-refractivity contribution in [1.82, 2.24) is 9.78 Å². The summed E-state index contributed by atoms with van der Waals surface area (Å²) in [6, 6.07) is 8.61. The summed E-state index contributed by atoms with van der Waals surface area (Å²) < 4.78 is 1.83. The van der Waals surface area contributed by atoms with Crippen molar-refractivity contribution in [3.63, 3.8) is 0 Å². The molecule has 1 fully saturated rings. The summed E-state index contributed by atoms with van der Waals surface area (Å²) in [5.74, 6) is 1.49. The maximum absolute atomic E-state index is 12.7. The number of carbonyl (C=O) groups is 1. The predicted octanol–water partition coefficient (Wildman–Crippen LogP) is 3.06. The Morgan fingerprint density at radius 3 is 3.05 bits per heavy atom. The summed E-state index contributed by atoms with van der Waals surface area (Å²) in [5, 5.41) is 4.22. The summed E-state index contributed by atoms with van der Waals surface area (Å²) in [4.78, 5) is 12.7. The summed E-state index contributed by atoms with van der Waals surface area (Å²) >= 11 is 0. The molecule has 3 unspecified atom stereocenters. The van der Waals surface area contributed by atoms with E-state index in [4.69, 9.17) is 0 Å². The molecule has 1 aromatic carbocycles. The lowest BCUT2D eigenvalue weighted by Gasteiger charge is -2.13. The Kier molecular flexibility index (Phi) is 2.56. The van der Waals surface area contributed by atoms with Crippen molar-refractivity contribution < 1.29 is 4.79 Å². The minimum Gasteiger partial charge on any atom is -0.294 e. The van der Waals surface area contributed by atoms with E-state index in [-0.39, 0.29) is 11.7 Å². The van der Waals surface area contributed by atoms with E-state index in [1.807, 2.05) is 17.8 Å². The molecule has 1 saturated carbocycles. The van der Waals surface area contributed by atoms with Gasteiger partial charge in [0, 0.05) is 18.7 Å². The van der Waals surface area contributed by atoms with Crippen LogP contribution in [0, 0.1) is 11.8 Å². The number of aryl methyl sites for hydroxylation is 2. The summed E-state index contributed by atoms with van der Waals surface area (Å²) in [6.45, 7) is 2.85. The van der Waals surface area contributed by atoms with Crippen LogP contribution in [0.1, 0.15) is 40.7 Å². The van der Waals surface area contributed by atoms with Crippen LogP contribution >= 0.6 is 0 Å². The van der Waals surface area contributed by atoms with Crippen LogP contribution in [0.4, 0.5) is 0 Å². The van der Waals surface area contributed by atoms with Gasteiger partial charge in [0.25, 0.3) is 0 Å². The zero-order chi connectivity index (χ0) is 13.7. The van der Waals surface area contributed by atoms with Gasteiger partial charge in [-0.3, -0.25) is 9.48 Å². The van der Waals surface area contributed by atoms with Crippen molar-refractivity contribution in [2.75, 3.05) is 0 Å². The fraction of sp³-hybridized carbons (Fsp3) is 0.412. The molecule has 1 heterocycles. The lowest BCUT2D eigenvalue weighted by Crippen LogP contribution is -2.03. The number of Topliss-reactive ketones (excluding diaryl/α,β-unsaturated/α-hetero) is 1. The Morgan fingerprint density at radius 2 is 2.25 bits per heavy atom. The van der Waals surface area contributed by atoms with Gasteiger partial charge in [-0.1, -0.05) is 24.3 Å². The molecule has 2 aromatic rings. The highest BCUT2D eigenvalue weighted by atomic mass is 16.1. The van der Waals surface area contributed by atoms with Gasteiger partial charge in [0.1, 0.15) is 0 Å². The van der Waals surface area contributed by atoms with Gasteiger partial charge in [-0.05, 0) is 42.7 Å². The number of fused-ring (bicyclic) bond motifs is 3. The smallest absolute Gasteiger partial charge is 0.170 e. The lowest BCUT2D eigenvalue weighted by atomic mass is 9.92. The quantitative estimate of drug-likeness (QED) is 0.800. The third kappa shape index (κ3) is 1.65. The van der Waals surface area contributed by atoms with Gasteiger partial charge < -0.3 is 0 Å². The fourth-order valence-corrected chi connectivity index (χ4v) is 3.78. The molecule has 0 radical (unpaired) electrons. The van der Waals surface area contributed by atoms with E-state index in [0.29, 0.717) is 11.8 Å². The molecule has 0 aliphatic heterocycles. The molecule has 4 rings (SSSR count). The van der Waals surface area contributed by atoms with Crippen molar-refractivity contribution in [3.8, 4) is 0 Å². The minimum atomic E-state index is 0.188. The molecule has 0 N–H and O–H groups in total. The van der Waals surface area contributed by atoms with E-state index in [1.165, 1.54) is 11.1 Å². The Morgan fingerprint density at radius 1 is 1.40 bits per heavy atom. The Bertz CT molecular complexity index is 673. The van der Waals surface area contributed by atoms with Crippen molar-refractivity contribution in [1.29, 1.82) is 0 Å². The largest absolute Gasteiger partial charge is 0.294 e. The van der Waals surface area contributed by atoms with Crippen LogP contribution in [0.2, 0.25) is 0 Å². The molecular weight excluding hydrogens is 248 g/mol. The Balaban J connectivity index is 1.62. The first-order valence-corrected chi connectivity index (χ1v) is 7.44. The highest BCUT2D eigenvalue weighted by molar-refractivity contribution is 6.00. The van der Waals surface area contributed by atoms with Crippen LogP contribution in [0.15, 0.2) is 36.7 Å². The number of nitrogens with zero attached hydrogens (tertiary/aromatic N) is 2. The Hall–Kier alpha value is -1.90. The monoisotopic (exact) mass is 266 g/mol. The molecule has 2 aliphatic carbocycles. The van der Waals surface area contributed by atoms with Gasteiger partial charge in [0.15, 0.2) is 5.78 Å². The molecule has 3 nitrogen and oxygen atoms in total. The van der Waals surface area contributed by atoms with Crippen LogP contribution in [0.5, 0.6) is 0 Å². The van der Waals surface area contributed by atoms with Crippen molar-refractivity contribution in [2.24, 2.45) is 11.8 Å².